The number of carboxylic acid groups (broad SMARTS) is 1. The quantitative estimate of drug-likeness (QED) is 0.928. The fraction of sp³-hybridized carbons (Fsp3) is 0.529. The summed E-state index contributed by atoms with van der Waals surface area (Å²) in [7, 11) is 0. The highest BCUT2D eigenvalue weighted by molar-refractivity contribution is 6.06. The predicted molar refractivity (Wildman–Crippen MR) is 86.9 cm³/mol. The minimum Gasteiger partial charge on any atom is -0.481 e. The molecule has 1 aliphatic heterocycles. The zero-order valence-corrected chi connectivity index (χ0v) is 14.2. The summed E-state index contributed by atoms with van der Waals surface area (Å²) in [5.41, 5.74) is 2.20. The Morgan fingerprint density at radius 3 is 2.71 bits per heavy atom. The highest BCUT2D eigenvalue weighted by Crippen LogP contribution is 2.30. The first-order valence-corrected chi connectivity index (χ1v) is 8.12. The lowest BCUT2D eigenvalue weighted by Gasteiger charge is -2.24. The van der Waals surface area contributed by atoms with E-state index in [4.69, 9.17) is 4.52 Å². The second-order valence-corrected chi connectivity index (χ2v) is 6.67. The van der Waals surface area contributed by atoms with Crippen LogP contribution in [0.5, 0.6) is 0 Å². The third kappa shape index (κ3) is 2.53. The number of aliphatic carboxylic acids is 1. The lowest BCUT2D eigenvalue weighted by Crippen LogP contribution is -2.37. The molecule has 0 aromatic carbocycles. The fourth-order valence-electron chi connectivity index (χ4n) is 3.29. The summed E-state index contributed by atoms with van der Waals surface area (Å²) in [4.78, 5) is 30.5. The molecule has 0 aliphatic carbocycles. The lowest BCUT2D eigenvalue weighted by atomic mass is 10.0. The third-order valence-corrected chi connectivity index (χ3v) is 4.79. The first-order valence-electron chi connectivity index (χ1n) is 8.12. The molecule has 1 saturated heterocycles. The largest absolute Gasteiger partial charge is 0.481 e. The smallest absolute Gasteiger partial charge is 0.308 e. The highest BCUT2D eigenvalue weighted by Gasteiger charge is 2.39. The van der Waals surface area contributed by atoms with Crippen molar-refractivity contribution in [2.45, 2.75) is 46.1 Å². The van der Waals surface area contributed by atoms with Crippen molar-refractivity contribution in [2.75, 3.05) is 6.54 Å². The van der Waals surface area contributed by atoms with Gasteiger partial charge in [0.1, 0.15) is 0 Å². The molecule has 128 valence electrons. The van der Waals surface area contributed by atoms with Crippen LogP contribution in [-0.2, 0) is 4.79 Å². The molecule has 3 heterocycles. The molecule has 3 rings (SSSR count). The SMILES string of the molecule is Cc1noc2nc(C(C)C)cc(C(=O)N3CCC(C(=O)O)C3C)c12. The second-order valence-electron chi connectivity index (χ2n) is 6.67. The molecule has 1 aliphatic rings. The zero-order chi connectivity index (χ0) is 17.6. The van der Waals surface area contributed by atoms with Crippen molar-refractivity contribution in [1.82, 2.24) is 15.0 Å². The number of fused-ring (bicyclic) bond motifs is 1. The molecule has 1 fully saturated rings. The van der Waals surface area contributed by atoms with Gasteiger partial charge < -0.3 is 14.5 Å². The number of hydrogen-bond acceptors (Lipinski definition) is 5. The zero-order valence-electron chi connectivity index (χ0n) is 14.2. The minimum absolute atomic E-state index is 0.133. The van der Waals surface area contributed by atoms with Gasteiger partial charge in [-0.3, -0.25) is 9.59 Å². The van der Waals surface area contributed by atoms with Gasteiger partial charge in [0.05, 0.1) is 22.6 Å². The summed E-state index contributed by atoms with van der Waals surface area (Å²) in [6.45, 7) is 7.97. The number of aryl methyl sites for hydroxylation is 1. The average molecular weight is 331 g/mol. The molecular formula is C17H21N3O4. The van der Waals surface area contributed by atoms with Crippen LogP contribution in [0.15, 0.2) is 10.6 Å². The molecule has 7 nitrogen and oxygen atoms in total. The summed E-state index contributed by atoms with van der Waals surface area (Å²) in [6.07, 6.45) is 0.468. The van der Waals surface area contributed by atoms with Crippen LogP contribution in [0.1, 0.15) is 54.9 Å². The number of carbonyl (C=O) groups is 2. The van der Waals surface area contributed by atoms with Crippen molar-refractivity contribution < 1.29 is 19.2 Å². The standard InChI is InChI=1S/C17H21N3O4/c1-8(2)13-7-12(14-9(3)19-24-15(14)18-13)16(21)20-6-5-11(10(20)4)17(22)23/h7-8,10-11H,5-6H2,1-4H3,(H,22,23). The van der Waals surface area contributed by atoms with Crippen molar-refractivity contribution in [1.29, 1.82) is 0 Å². The van der Waals surface area contributed by atoms with Gasteiger partial charge in [0, 0.05) is 18.3 Å². The Morgan fingerprint density at radius 1 is 1.42 bits per heavy atom. The number of nitrogens with zero attached hydrogens (tertiary/aromatic N) is 3. The number of rotatable bonds is 3. The molecule has 2 aromatic rings. The normalized spacial score (nSPS) is 21.0. The van der Waals surface area contributed by atoms with Gasteiger partial charge in [0.15, 0.2) is 0 Å². The van der Waals surface area contributed by atoms with E-state index in [0.717, 1.165) is 5.69 Å². The van der Waals surface area contributed by atoms with Crippen LogP contribution >= 0.6 is 0 Å². The van der Waals surface area contributed by atoms with Crippen LogP contribution in [0, 0.1) is 12.8 Å². The van der Waals surface area contributed by atoms with Crippen molar-refractivity contribution in [3.63, 3.8) is 0 Å². The number of amides is 1. The van der Waals surface area contributed by atoms with E-state index in [1.54, 1.807) is 24.8 Å². The topological polar surface area (TPSA) is 96.5 Å². The van der Waals surface area contributed by atoms with Crippen LogP contribution in [0.25, 0.3) is 11.1 Å². The second kappa shape index (κ2) is 5.89. The van der Waals surface area contributed by atoms with E-state index in [1.807, 2.05) is 13.8 Å². The van der Waals surface area contributed by atoms with E-state index in [2.05, 4.69) is 10.1 Å². The lowest BCUT2D eigenvalue weighted by molar-refractivity contribution is -0.142. The third-order valence-electron chi connectivity index (χ3n) is 4.79. The summed E-state index contributed by atoms with van der Waals surface area (Å²) < 4.78 is 5.25. The van der Waals surface area contributed by atoms with Gasteiger partial charge in [0.2, 0.25) is 0 Å². The maximum Gasteiger partial charge on any atom is 0.308 e. The Labute approximate surface area is 139 Å². The molecule has 2 atom stereocenters. The molecule has 2 unspecified atom stereocenters. The number of carboxylic acids is 1. The van der Waals surface area contributed by atoms with E-state index in [1.165, 1.54) is 0 Å². The molecule has 0 bridgehead atoms. The molecule has 0 spiro atoms. The summed E-state index contributed by atoms with van der Waals surface area (Å²) in [6, 6.07) is 1.43. The number of carbonyl (C=O) groups excluding carboxylic acids is 1. The number of pyridine rings is 1. The molecule has 0 saturated carbocycles. The minimum atomic E-state index is -0.860. The average Bonchev–Trinajstić information content (AvgIpc) is 3.09. The van der Waals surface area contributed by atoms with Crippen LogP contribution in [0.2, 0.25) is 0 Å². The van der Waals surface area contributed by atoms with Gasteiger partial charge >= 0.3 is 5.97 Å². The van der Waals surface area contributed by atoms with E-state index in [9.17, 15) is 14.7 Å². The van der Waals surface area contributed by atoms with Gasteiger partial charge in [-0.15, -0.1) is 0 Å². The monoisotopic (exact) mass is 331 g/mol. The summed E-state index contributed by atoms with van der Waals surface area (Å²) >= 11 is 0. The van der Waals surface area contributed by atoms with Crippen LogP contribution in [0.3, 0.4) is 0 Å². The maximum absolute atomic E-state index is 13.1. The van der Waals surface area contributed by atoms with Crippen LogP contribution in [-0.4, -0.2) is 44.6 Å². The molecule has 24 heavy (non-hydrogen) atoms. The van der Waals surface area contributed by atoms with E-state index in [-0.39, 0.29) is 17.9 Å². The maximum atomic E-state index is 13.1. The Bertz CT molecular complexity index is 812. The van der Waals surface area contributed by atoms with Crippen molar-refractivity contribution in [2.24, 2.45) is 5.92 Å². The Morgan fingerprint density at radius 2 is 2.12 bits per heavy atom. The van der Waals surface area contributed by atoms with Crippen molar-refractivity contribution >= 4 is 23.0 Å². The van der Waals surface area contributed by atoms with Crippen LogP contribution in [0.4, 0.5) is 0 Å². The highest BCUT2D eigenvalue weighted by atomic mass is 16.5. The van der Waals surface area contributed by atoms with Gasteiger partial charge in [-0.05, 0) is 32.3 Å². The summed E-state index contributed by atoms with van der Waals surface area (Å²) in [5.74, 6) is -1.44. The molecule has 7 heteroatoms. The first-order chi connectivity index (χ1) is 11.3. The van der Waals surface area contributed by atoms with Crippen LogP contribution < -0.4 is 0 Å². The van der Waals surface area contributed by atoms with Gasteiger partial charge in [-0.2, -0.15) is 0 Å². The van der Waals surface area contributed by atoms with Crippen molar-refractivity contribution in [3.8, 4) is 0 Å². The molecule has 1 N–H and O–H groups in total. The van der Waals surface area contributed by atoms with Gasteiger partial charge in [-0.1, -0.05) is 19.0 Å². The molecule has 2 aromatic heterocycles. The number of aromatic nitrogens is 2. The number of likely N-dealkylation sites (tertiary alicyclic amines) is 1. The molecular weight excluding hydrogens is 310 g/mol. The van der Waals surface area contributed by atoms with E-state index >= 15 is 0 Å². The van der Waals surface area contributed by atoms with E-state index < -0.39 is 11.9 Å². The summed E-state index contributed by atoms with van der Waals surface area (Å²) in [5, 5.41) is 13.8. The van der Waals surface area contributed by atoms with Gasteiger partial charge in [-0.25, -0.2) is 4.98 Å². The fourth-order valence-corrected chi connectivity index (χ4v) is 3.29. The first kappa shape index (κ1) is 16.4. The predicted octanol–water partition coefficient (Wildman–Crippen LogP) is 2.59. The van der Waals surface area contributed by atoms with Crippen molar-refractivity contribution in [3.05, 3.63) is 23.0 Å². The van der Waals surface area contributed by atoms with E-state index in [0.29, 0.717) is 35.3 Å². The number of hydrogen-bond donors (Lipinski definition) is 1. The molecule has 1 amide bonds. The van der Waals surface area contributed by atoms with Gasteiger partial charge in [0.25, 0.3) is 11.6 Å². The Balaban J connectivity index is 2.06. The molecule has 0 radical (unpaired) electrons. The Kier molecular flexibility index (Phi) is 4.03. The Hall–Kier alpha value is -2.44.